The molecule has 0 spiro atoms. The fourth-order valence-corrected chi connectivity index (χ4v) is 8.48. The lowest BCUT2D eigenvalue weighted by Gasteiger charge is -2.32. The summed E-state index contributed by atoms with van der Waals surface area (Å²) in [5.74, 6) is 3.01. The zero-order chi connectivity index (χ0) is 37.7. The average molecular weight is 798 g/mol. The molecular weight excluding hydrogens is 736 g/mol. The summed E-state index contributed by atoms with van der Waals surface area (Å²) in [5, 5.41) is 0. The topological polar surface area (TPSA) is 117 Å². The van der Waals surface area contributed by atoms with Crippen LogP contribution < -0.4 is 0 Å². The van der Waals surface area contributed by atoms with Gasteiger partial charge < -0.3 is 28.7 Å². The van der Waals surface area contributed by atoms with Crippen molar-refractivity contribution in [2.24, 2.45) is 0 Å². The van der Waals surface area contributed by atoms with Crippen LogP contribution in [0.3, 0.4) is 0 Å². The van der Waals surface area contributed by atoms with Gasteiger partial charge in [-0.1, -0.05) is 20.4 Å². The molecule has 2 aromatic rings. The van der Waals surface area contributed by atoms with E-state index in [1.807, 2.05) is 22.8 Å². The number of piperidine rings is 2. The van der Waals surface area contributed by atoms with Crippen LogP contribution in [0.4, 0.5) is 0 Å². The van der Waals surface area contributed by atoms with Gasteiger partial charge in [-0.25, -0.2) is 9.97 Å². The van der Waals surface area contributed by atoms with Gasteiger partial charge in [0.1, 0.15) is 27.8 Å². The number of likely N-dealkylation sites (tertiary alicyclic amines) is 4. The highest BCUT2D eigenvalue weighted by atomic mass is 79.9. The highest BCUT2D eigenvalue weighted by Crippen LogP contribution is 2.30. The van der Waals surface area contributed by atoms with Crippen LogP contribution in [0.1, 0.15) is 120 Å². The Hall–Kier alpha value is -3.16. The van der Waals surface area contributed by atoms with Gasteiger partial charge in [-0.2, -0.15) is 0 Å². The third kappa shape index (κ3) is 11.9. The molecule has 6 heterocycles. The number of halogens is 1. The average Bonchev–Trinajstić information content (AvgIpc) is 4.01. The number of hydrogen-bond donors (Lipinski definition) is 0. The minimum absolute atomic E-state index is 0.0196. The monoisotopic (exact) mass is 796 g/mol. The van der Waals surface area contributed by atoms with E-state index in [2.05, 4.69) is 53.8 Å². The van der Waals surface area contributed by atoms with E-state index in [0.29, 0.717) is 37.8 Å². The van der Waals surface area contributed by atoms with Gasteiger partial charge in [0.2, 0.25) is 11.8 Å². The number of Topliss-reactive ketones (excluding diaryl/α,β-unsaturated/α-hetero) is 2. The van der Waals surface area contributed by atoms with Crippen LogP contribution in [-0.4, -0.2) is 128 Å². The number of carbonyl (C=O) groups is 4. The van der Waals surface area contributed by atoms with Crippen molar-refractivity contribution in [1.82, 2.24) is 38.7 Å². The zero-order valence-electron chi connectivity index (χ0n) is 32.2. The van der Waals surface area contributed by atoms with E-state index in [4.69, 9.17) is 9.97 Å². The van der Waals surface area contributed by atoms with Crippen LogP contribution in [0.25, 0.3) is 6.08 Å². The Morgan fingerprint density at radius 2 is 1.08 bits per heavy atom. The minimum atomic E-state index is -0.0237. The number of ketones is 2. The van der Waals surface area contributed by atoms with E-state index < -0.39 is 0 Å². The molecule has 0 atom stereocenters. The first kappa shape index (κ1) is 41.0. The number of nitrogens with zero attached hydrogens (tertiary/aromatic N) is 8. The number of aromatic nitrogens is 4. The second-order valence-electron chi connectivity index (χ2n) is 15.1. The quantitative estimate of drug-likeness (QED) is 0.217. The summed E-state index contributed by atoms with van der Waals surface area (Å²) in [6, 6.07) is 0. The Morgan fingerprint density at radius 1 is 0.660 bits per heavy atom. The van der Waals surface area contributed by atoms with Crippen LogP contribution in [0.15, 0.2) is 23.6 Å². The van der Waals surface area contributed by atoms with Gasteiger partial charge in [0.05, 0.1) is 18.5 Å². The molecule has 0 aliphatic carbocycles. The summed E-state index contributed by atoms with van der Waals surface area (Å²) in [7, 11) is 0. The first-order chi connectivity index (χ1) is 25.7. The zero-order valence-corrected chi connectivity index (χ0v) is 33.7. The van der Waals surface area contributed by atoms with Crippen molar-refractivity contribution in [1.29, 1.82) is 0 Å². The van der Waals surface area contributed by atoms with Gasteiger partial charge in [-0.05, 0) is 99.6 Å². The second kappa shape index (κ2) is 20.5. The molecule has 4 saturated heterocycles. The number of imidazole rings is 2. The van der Waals surface area contributed by atoms with Crippen molar-refractivity contribution in [3.63, 3.8) is 0 Å². The maximum atomic E-state index is 12.2. The van der Waals surface area contributed by atoms with Gasteiger partial charge in [0.15, 0.2) is 0 Å². The minimum Gasteiger partial charge on any atom is -0.342 e. The van der Waals surface area contributed by atoms with Crippen molar-refractivity contribution in [2.75, 3.05) is 65.4 Å². The Bertz CT molecular complexity index is 1530. The molecule has 0 N–H and O–H groups in total. The van der Waals surface area contributed by atoms with Crippen LogP contribution in [0.5, 0.6) is 0 Å². The number of carbonyl (C=O) groups excluding carboxylic acids is 4. The summed E-state index contributed by atoms with van der Waals surface area (Å²) in [5.41, 5.74) is 0.929. The van der Waals surface area contributed by atoms with E-state index in [1.54, 1.807) is 6.92 Å². The van der Waals surface area contributed by atoms with Gasteiger partial charge in [0, 0.05) is 89.4 Å². The van der Waals surface area contributed by atoms with Crippen LogP contribution in [-0.2, 0) is 32.3 Å². The molecule has 0 aromatic carbocycles. The standard InChI is InChI=1S/C21H32N4O2.C19H29BrN4O2/c1-3-18-16-25(14-13-23-9-5-6-10-23)21(22-18)17-7-11-24(12-8-17)20(27)15-19(26)4-2;1-2-16(25)13-18(26)23-9-5-15(6-10-23)19-21-17(20)14-24(19)12-11-22-7-3-4-8-22/h3,16-17H,1,4-15H2,2H3;14-15H,2-13H2,1H3. The number of hydrogen-bond acceptors (Lipinski definition) is 8. The van der Waals surface area contributed by atoms with E-state index in [0.717, 1.165) is 86.9 Å². The molecule has 4 aliphatic heterocycles. The van der Waals surface area contributed by atoms with Crippen molar-refractivity contribution in [3.05, 3.63) is 40.9 Å². The Morgan fingerprint density at radius 3 is 1.49 bits per heavy atom. The lowest BCUT2D eigenvalue weighted by Crippen LogP contribution is -2.39. The van der Waals surface area contributed by atoms with Gasteiger partial charge in [-0.3, -0.25) is 19.2 Å². The Labute approximate surface area is 324 Å². The molecular formula is C40H61BrN8O4. The third-order valence-corrected chi connectivity index (χ3v) is 11.8. The molecule has 0 radical (unpaired) electrons. The molecule has 0 bridgehead atoms. The first-order valence-corrected chi connectivity index (χ1v) is 20.9. The fourth-order valence-electron chi connectivity index (χ4n) is 8.05. The third-order valence-electron chi connectivity index (χ3n) is 11.4. The van der Waals surface area contributed by atoms with E-state index >= 15 is 0 Å². The highest BCUT2D eigenvalue weighted by molar-refractivity contribution is 9.10. The SMILES string of the molecule is C=Cc1cn(CCN2CCCC2)c(C2CCN(C(=O)CC(=O)CC)CC2)n1.CCC(=O)CC(=O)N1CCC(c2nc(Br)cn2CCN2CCCC2)CC1. The number of rotatable bonds is 15. The van der Waals surface area contributed by atoms with Crippen LogP contribution >= 0.6 is 15.9 Å². The molecule has 12 nitrogen and oxygen atoms in total. The molecule has 2 aromatic heterocycles. The summed E-state index contributed by atoms with van der Waals surface area (Å²) in [4.78, 5) is 65.7. The maximum Gasteiger partial charge on any atom is 0.230 e. The van der Waals surface area contributed by atoms with Crippen molar-refractivity contribution in [2.45, 2.75) is 116 Å². The normalized spacial score (nSPS) is 19.0. The van der Waals surface area contributed by atoms with Crippen LogP contribution in [0, 0.1) is 0 Å². The molecule has 13 heteroatoms. The smallest absolute Gasteiger partial charge is 0.230 e. The predicted octanol–water partition coefficient (Wildman–Crippen LogP) is 5.51. The highest BCUT2D eigenvalue weighted by Gasteiger charge is 2.29. The van der Waals surface area contributed by atoms with Crippen molar-refractivity contribution in [3.8, 4) is 0 Å². The van der Waals surface area contributed by atoms with E-state index in [-0.39, 0.29) is 36.2 Å². The molecule has 0 unspecified atom stereocenters. The predicted molar refractivity (Wildman–Crippen MR) is 211 cm³/mol. The second-order valence-corrected chi connectivity index (χ2v) is 15.9. The molecule has 53 heavy (non-hydrogen) atoms. The molecule has 0 saturated carbocycles. The molecule has 4 aliphatic rings. The molecule has 4 fully saturated rings. The fraction of sp³-hybridized carbons (Fsp3) is 0.700. The van der Waals surface area contributed by atoms with Crippen molar-refractivity contribution < 1.29 is 19.2 Å². The van der Waals surface area contributed by atoms with Crippen LogP contribution in [0.2, 0.25) is 0 Å². The van der Waals surface area contributed by atoms with Crippen molar-refractivity contribution >= 4 is 45.4 Å². The van der Waals surface area contributed by atoms with E-state index in [9.17, 15) is 19.2 Å². The maximum absolute atomic E-state index is 12.2. The van der Waals surface area contributed by atoms with E-state index in [1.165, 1.54) is 51.9 Å². The number of amides is 2. The van der Waals surface area contributed by atoms with Gasteiger partial charge in [-0.15, -0.1) is 0 Å². The molecule has 2 amide bonds. The summed E-state index contributed by atoms with van der Waals surface area (Å²) < 4.78 is 5.46. The largest absolute Gasteiger partial charge is 0.342 e. The lowest BCUT2D eigenvalue weighted by atomic mass is 9.95. The Kier molecular flexibility index (Phi) is 15.9. The summed E-state index contributed by atoms with van der Waals surface area (Å²) >= 11 is 3.53. The lowest BCUT2D eigenvalue weighted by molar-refractivity contribution is -0.137. The molecule has 292 valence electrons. The summed E-state index contributed by atoms with van der Waals surface area (Å²) in [6.45, 7) is 19.2. The summed E-state index contributed by atoms with van der Waals surface area (Å²) in [6.07, 6.45) is 15.9. The Balaban J connectivity index is 0.000000204. The first-order valence-electron chi connectivity index (χ1n) is 20.1. The van der Waals surface area contributed by atoms with Gasteiger partial charge in [0.25, 0.3) is 0 Å². The van der Waals surface area contributed by atoms with Gasteiger partial charge >= 0.3 is 0 Å². The molecule has 6 rings (SSSR count).